The van der Waals surface area contributed by atoms with Gasteiger partial charge in [-0.05, 0) is 69.4 Å². The van der Waals surface area contributed by atoms with Gasteiger partial charge in [0.1, 0.15) is 0 Å². The Morgan fingerprint density at radius 1 is 1.14 bits per heavy atom. The molecule has 0 radical (unpaired) electrons. The number of carbonyl (C=O) groups excluding carboxylic acids is 1. The molecule has 152 valence electrons. The van der Waals surface area contributed by atoms with E-state index >= 15 is 0 Å². The Kier molecular flexibility index (Phi) is 6.14. The van der Waals surface area contributed by atoms with E-state index in [-0.39, 0.29) is 11.5 Å². The molecule has 3 saturated heterocycles. The summed E-state index contributed by atoms with van der Waals surface area (Å²) in [5.74, 6) is 0.170. The molecule has 0 aliphatic carbocycles. The lowest BCUT2D eigenvalue weighted by atomic mass is 9.90. The highest BCUT2D eigenvalue weighted by Gasteiger charge is 2.37. The number of benzene rings is 1. The number of nitrogens with one attached hydrogen (secondary N) is 1. The highest BCUT2D eigenvalue weighted by atomic mass is 16.5. The molecule has 0 unspecified atom stereocenters. The molecule has 0 saturated carbocycles. The predicted octanol–water partition coefficient (Wildman–Crippen LogP) is 2.76. The first-order chi connectivity index (χ1) is 13.6. The van der Waals surface area contributed by atoms with Crippen molar-refractivity contribution in [2.24, 2.45) is 0 Å². The Morgan fingerprint density at radius 2 is 1.93 bits per heavy atom. The second-order valence-corrected chi connectivity index (χ2v) is 8.55. The van der Waals surface area contributed by atoms with Gasteiger partial charge in [-0.25, -0.2) is 0 Å². The van der Waals surface area contributed by atoms with E-state index in [2.05, 4.69) is 41.1 Å². The first kappa shape index (κ1) is 19.6. The molecule has 4 rings (SSSR count). The minimum atomic E-state index is 0.0947. The van der Waals surface area contributed by atoms with Gasteiger partial charge in [-0.1, -0.05) is 24.3 Å². The summed E-state index contributed by atoms with van der Waals surface area (Å²) in [5, 5.41) is 3.44. The smallest absolute Gasteiger partial charge is 0.231 e. The van der Waals surface area contributed by atoms with Crippen LogP contribution in [0.2, 0.25) is 0 Å². The van der Waals surface area contributed by atoms with Crippen LogP contribution in [0.5, 0.6) is 0 Å². The van der Waals surface area contributed by atoms with Crippen LogP contribution in [0.3, 0.4) is 0 Å². The molecule has 3 aliphatic heterocycles. The Hall–Kier alpha value is -1.69. The van der Waals surface area contributed by atoms with Crippen LogP contribution in [0.1, 0.15) is 37.7 Å². The van der Waals surface area contributed by atoms with Crippen molar-refractivity contribution in [2.45, 2.75) is 44.1 Å². The van der Waals surface area contributed by atoms with E-state index in [4.69, 9.17) is 4.74 Å². The molecule has 3 fully saturated rings. The van der Waals surface area contributed by atoms with Crippen LogP contribution in [0, 0.1) is 0 Å². The monoisotopic (exact) mass is 383 g/mol. The summed E-state index contributed by atoms with van der Waals surface area (Å²) in [6.45, 7) is 11.0. The van der Waals surface area contributed by atoms with Gasteiger partial charge < -0.3 is 15.0 Å². The molecule has 0 aromatic heterocycles. The maximum atomic E-state index is 12.2. The summed E-state index contributed by atoms with van der Waals surface area (Å²) in [6.07, 6.45) is 5.90. The maximum absolute atomic E-state index is 12.2. The van der Waals surface area contributed by atoms with Gasteiger partial charge in [-0.3, -0.25) is 9.69 Å². The van der Waals surface area contributed by atoms with Crippen molar-refractivity contribution in [3.05, 3.63) is 42.0 Å². The highest BCUT2D eigenvalue weighted by molar-refractivity contribution is 5.95. The van der Waals surface area contributed by atoms with E-state index in [1.807, 2.05) is 4.90 Å². The van der Waals surface area contributed by atoms with E-state index in [1.54, 1.807) is 0 Å². The molecule has 1 N–H and O–H groups in total. The molecule has 3 aliphatic rings. The summed E-state index contributed by atoms with van der Waals surface area (Å²) in [7, 11) is 0. The molecule has 1 aromatic rings. The maximum Gasteiger partial charge on any atom is 0.231 e. The van der Waals surface area contributed by atoms with Crippen LogP contribution in [0.15, 0.2) is 36.4 Å². The van der Waals surface area contributed by atoms with E-state index in [1.165, 1.54) is 5.56 Å². The molecule has 1 spiro atoms. The quantitative estimate of drug-likeness (QED) is 0.794. The number of aryl methyl sites for hydroxylation is 1. The Morgan fingerprint density at radius 3 is 2.68 bits per heavy atom. The number of hydrogen-bond acceptors (Lipinski definition) is 4. The van der Waals surface area contributed by atoms with Gasteiger partial charge >= 0.3 is 0 Å². The van der Waals surface area contributed by atoms with Crippen LogP contribution < -0.4 is 10.2 Å². The van der Waals surface area contributed by atoms with Gasteiger partial charge in [-0.2, -0.15) is 0 Å². The largest absolute Gasteiger partial charge is 0.372 e. The minimum absolute atomic E-state index is 0.0947. The molecule has 0 atom stereocenters. The predicted molar refractivity (Wildman–Crippen MR) is 113 cm³/mol. The van der Waals surface area contributed by atoms with Crippen molar-refractivity contribution in [1.82, 2.24) is 10.2 Å². The molecule has 1 amide bonds. The summed E-state index contributed by atoms with van der Waals surface area (Å²) < 4.78 is 6.17. The molecule has 28 heavy (non-hydrogen) atoms. The number of rotatable bonds is 5. The second-order valence-electron chi connectivity index (χ2n) is 8.55. The molecule has 5 nitrogen and oxygen atoms in total. The molecular weight excluding hydrogens is 350 g/mol. The van der Waals surface area contributed by atoms with Crippen molar-refractivity contribution in [2.75, 3.05) is 50.8 Å². The van der Waals surface area contributed by atoms with E-state index in [0.29, 0.717) is 6.42 Å². The van der Waals surface area contributed by atoms with Crippen molar-refractivity contribution in [3.8, 4) is 0 Å². The second kappa shape index (κ2) is 8.76. The van der Waals surface area contributed by atoms with Crippen LogP contribution >= 0.6 is 0 Å². The molecular formula is C23H33N3O2. The Bertz CT molecular complexity index is 689. The molecule has 3 heterocycles. The SMILES string of the molecule is C=C1CCN(c2ccc(CCCN3CCOC4(CCNCC4)C3)cc2)C(=O)C1. The lowest BCUT2D eigenvalue weighted by Gasteiger charge is -2.45. The standard InChI is InChI=1S/C23H33N3O2/c1-19-8-14-26(22(27)17-19)21-6-4-20(5-7-21)3-2-13-25-15-16-28-23(18-25)9-11-24-12-10-23/h4-7,24H,1-3,8-18H2. The fourth-order valence-electron chi connectivity index (χ4n) is 4.71. The number of amides is 1. The molecule has 0 bridgehead atoms. The molecule has 5 heteroatoms. The van der Waals surface area contributed by atoms with Gasteiger partial charge in [0.25, 0.3) is 0 Å². The van der Waals surface area contributed by atoms with E-state index in [0.717, 1.165) is 89.2 Å². The van der Waals surface area contributed by atoms with Crippen molar-refractivity contribution < 1.29 is 9.53 Å². The number of hydrogen-bond donors (Lipinski definition) is 1. The third-order valence-corrected chi connectivity index (χ3v) is 6.42. The first-order valence-electron chi connectivity index (χ1n) is 10.8. The number of piperidine rings is 2. The fraction of sp³-hybridized carbons (Fsp3) is 0.609. The lowest BCUT2D eigenvalue weighted by Crippen LogP contribution is -2.56. The fourth-order valence-corrected chi connectivity index (χ4v) is 4.71. The van der Waals surface area contributed by atoms with Gasteiger partial charge in [0.2, 0.25) is 5.91 Å². The van der Waals surface area contributed by atoms with Crippen LogP contribution in [0.4, 0.5) is 5.69 Å². The number of anilines is 1. The third-order valence-electron chi connectivity index (χ3n) is 6.42. The number of morpholine rings is 1. The van der Waals surface area contributed by atoms with Gasteiger partial charge in [-0.15, -0.1) is 0 Å². The van der Waals surface area contributed by atoms with E-state index < -0.39 is 0 Å². The minimum Gasteiger partial charge on any atom is -0.372 e. The summed E-state index contributed by atoms with van der Waals surface area (Å²) in [4.78, 5) is 16.7. The molecule has 1 aromatic carbocycles. The van der Waals surface area contributed by atoms with Gasteiger partial charge in [0.05, 0.1) is 12.2 Å². The summed E-state index contributed by atoms with van der Waals surface area (Å²) in [6, 6.07) is 8.56. The zero-order valence-corrected chi connectivity index (χ0v) is 16.9. The summed E-state index contributed by atoms with van der Waals surface area (Å²) in [5.41, 5.74) is 3.51. The zero-order valence-electron chi connectivity index (χ0n) is 16.9. The Balaban J connectivity index is 1.25. The average molecular weight is 384 g/mol. The van der Waals surface area contributed by atoms with Crippen molar-refractivity contribution >= 4 is 11.6 Å². The van der Waals surface area contributed by atoms with Crippen molar-refractivity contribution in [1.29, 1.82) is 0 Å². The summed E-state index contributed by atoms with van der Waals surface area (Å²) >= 11 is 0. The topological polar surface area (TPSA) is 44.8 Å². The first-order valence-corrected chi connectivity index (χ1v) is 10.8. The number of carbonyl (C=O) groups is 1. The number of ether oxygens (including phenoxy) is 1. The van der Waals surface area contributed by atoms with Gasteiger partial charge in [0.15, 0.2) is 0 Å². The average Bonchev–Trinajstić information content (AvgIpc) is 2.70. The highest BCUT2D eigenvalue weighted by Crippen LogP contribution is 2.28. The van der Waals surface area contributed by atoms with Crippen molar-refractivity contribution in [3.63, 3.8) is 0 Å². The van der Waals surface area contributed by atoms with Crippen LogP contribution in [-0.4, -0.2) is 62.3 Å². The lowest BCUT2D eigenvalue weighted by molar-refractivity contribution is -0.123. The zero-order chi connectivity index (χ0) is 19.4. The van der Waals surface area contributed by atoms with Crippen LogP contribution in [-0.2, 0) is 16.0 Å². The Labute approximate surface area is 168 Å². The third kappa shape index (κ3) is 4.65. The number of nitrogens with zero attached hydrogens (tertiary/aromatic N) is 2. The van der Waals surface area contributed by atoms with Crippen LogP contribution in [0.25, 0.3) is 0 Å². The van der Waals surface area contributed by atoms with E-state index in [9.17, 15) is 4.79 Å². The van der Waals surface area contributed by atoms with Gasteiger partial charge in [0, 0.05) is 31.7 Å². The normalized spacial score (nSPS) is 23.4.